The number of phenols is 1. The van der Waals surface area contributed by atoms with Crippen LogP contribution in [0.4, 0.5) is 0 Å². The second-order valence-electron chi connectivity index (χ2n) is 18.1. The summed E-state index contributed by atoms with van der Waals surface area (Å²) < 4.78 is 0. The second kappa shape index (κ2) is 26.6. The number of aromatic amines is 1. The van der Waals surface area contributed by atoms with Gasteiger partial charge in [0.1, 0.15) is 54.1 Å². The maximum absolute atomic E-state index is 14.8. The van der Waals surface area contributed by atoms with Crippen LogP contribution in [0.15, 0.2) is 67.1 Å². The number of likely N-dealkylation sites (N-methyl/N-ethyl adjacent to an activating group) is 1. The van der Waals surface area contributed by atoms with Crippen molar-refractivity contribution >= 4 is 53.2 Å². The first-order valence-corrected chi connectivity index (χ1v) is 24.0. The van der Waals surface area contributed by atoms with E-state index in [0.717, 1.165) is 0 Å². The van der Waals surface area contributed by atoms with Gasteiger partial charge in [0.25, 0.3) is 0 Å². The molecular formula is C48H68N14O10. The Balaban J connectivity index is 1.34. The van der Waals surface area contributed by atoms with E-state index in [-0.39, 0.29) is 76.3 Å². The maximum Gasteiger partial charge on any atom is 0.246 e. The highest BCUT2D eigenvalue weighted by molar-refractivity contribution is 5.98. The molecule has 2 aliphatic heterocycles. The van der Waals surface area contributed by atoms with Crippen LogP contribution in [0.5, 0.6) is 5.75 Å². The number of benzene rings is 2. The number of phenolic OH excluding ortho intramolecular Hbond substituents is 1. The number of guanidine groups is 1. The van der Waals surface area contributed by atoms with E-state index in [1.165, 1.54) is 55.4 Å². The Bertz CT molecular complexity index is 2350. The van der Waals surface area contributed by atoms with Crippen molar-refractivity contribution in [3.8, 4) is 5.75 Å². The van der Waals surface area contributed by atoms with Gasteiger partial charge in [0, 0.05) is 50.8 Å². The summed E-state index contributed by atoms with van der Waals surface area (Å²) in [4.78, 5) is 120. The molecule has 1 aromatic heterocycles. The Morgan fingerprint density at radius 1 is 0.736 bits per heavy atom. The summed E-state index contributed by atoms with van der Waals surface area (Å²) in [7, 11) is 1.49. The number of rotatable bonds is 25. The fourth-order valence-electron chi connectivity index (χ4n) is 8.86. The molecule has 3 aromatic rings. The van der Waals surface area contributed by atoms with Crippen LogP contribution in [0.1, 0.15) is 69.2 Å². The molecule has 24 heteroatoms. The number of nitrogens with two attached hydrogens (primary N) is 2. The van der Waals surface area contributed by atoms with Gasteiger partial charge in [-0.1, -0.05) is 42.5 Å². The quantitative estimate of drug-likeness (QED) is 0.0233. The molecular weight excluding hydrogens is 933 g/mol. The average molecular weight is 1000 g/mol. The number of nitrogens with one attached hydrogen (secondary N) is 9. The minimum absolute atomic E-state index is 0.00575. The molecule has 2 aliphatic rings. The lowest BCUT2D eigenvalue weighted by molar-refractivity contribution is -0.143. The van der Waals surface area contributed by atoms with Gasteiger partial charge in [-0.3, -0.25) is 43.8 Å². The SMILES string of the molecule is CN[C@H](C(=O)N[C@@H](C)C(=O)N1CCC[C@H]1C(=O)N[C@@H](CCCNC(=N)N)C(=O)N[C@@H](Cc1ccccc1)C(=O)N1CCC[C@H]1C(=O)N[C@@H](Cc1cnc[nH]1)C(=O)N[C@@H](Cc1ccc(O)cc1)C(N)=O)[C@@H](C)O. The van der Waals surface area contributed by atoms with Crippen molar-refractivity contribution in [3.63, 3.8) is 0 Å². The Morgan fingerprint density at radius 3 is 1.88 bits per heavy atom. The van der Waals surface area contributed by atoms with Gasteiger partial charge in [0.2, 0.25) is 47.3 Å². The molecule has 5 rings (SSSR count). The summed E-state index contributed by atoms with van der Waals surface area (Å²) in [5, 5.41) is 46.3. The van der Waals surface area contributed by atoms with Gasteiger partial charge in [0.15, 0.2) is 5.96 Å². The topological polar surface area (TPSA) is 372 Å². The monoisotopic (exact) mass is 1000 g/mol. The summed E-state index contributed by atoms with van der Waals surface area (Å²) in [5.74, 6) is -5.67. The second-order valence-corrected chi connectivity index (χ2v) is 18.1. The van der Waals surface area contributed by atoms with Crippen molar-refractivity contribution in [2.45, 2.75) is 126 Å². The van der Waals surface area contributed by atoms with Crippen molar-refractivity contribution in [2.75, 3.05) is 26.7 Å². The van der Waals surface area contributed by atoms with E-state index >= 15 is 0 Å². The first-order valence-electron chi connectivity index (χ1n) is 24.0. The zero-order valence-corrected chi connectivity index (χ0v) is 40.7. The molecule has 24 nitrogen and oxygen atoms in total. The number of hydrogen-bond acceptors (Lipinski definition) is 13. The van der Waals surface area contributed by atoms with Crippen molar-refractivity contribution in [3.05, 3.63) is 83.9 Å². The lowest BCUT2D eigenvalue weighted by Gasteiger charge is -2.31. The molecule has 0 saturated carbocycles. The summed E-state index contributed by atoms with van der Waals surface area (Å²) in [6.45, 7) is 3.39. The summed E-state index contributed by atoms with van der Waals surface area (Å²) in [5.41, 5.74) is 12.9. The van der Waals surface area contributed by atoms with Crippen LogP contribution in [-0.4, -0.2) is 164 Å². The number of primary amides is 1. The third-order valence-electron chi connectivity index (χ3n) is 12.6. The predicted octanol–water partition coefficient (Wildman–Crippen LogP) is -2.71. The fraction of sp³-hybridized carbons (Fsp3) is 0.500. The number of aliphatic hydroxyl groups excluding tert-OH is 1. The molecule has 72 heavy (non-hydrogen) atoms. The van der Waals surface area contributed by atoms with Crippen molar-refractivity contribution in [2.24, 2.45) is 11.5 Å². The smallest absolute Gasteiger partial charge is 0.246 e. The molecule has 15 N–H and O–H groups in total. The zero-order chi connectivity index (χ0) is 52.5. The maximum atomic E-state index is 14.8. The third-order valence-corrected chi connectivity index (χ3v) is 12.6. The number of imidazole rings is 1. The van der Waals surface area contributed by atoms with Gasteiger partial charge in [-0.2, -0.15) is 0 Å². The number of hydrogen-bond donors (Lipinski definition) is 13. The van der Waals surface area contributed by atoms with Crippen LogP contribution >= 0.6 is 0 Å². The number of likely N-dealkylation sites (tertiary alicyclic amines) is 2. The molecule has 0 unspecified atom stereocenters. The molecule has 0 radical (unpaired) electrons. The van der Waals surface area contributed by atoms with Crippen molar-refractivity contribution in [1.82, 2.24) is 57.0 Å². The van der Waals surface area contributed by atoms with Crippen LogP contribution in [0.2, 0.25) is 0 Å². The van der Waals surface area contributed by atoms with E-state index in [4.69, 9.17) is 16.9 Å². The van der Waals surface area contributed by atoms with Gasteiger partial charge in [0.05, 0.1) is 12.4 Å². The zero-order valence-electron chi connectivity index (χ0n) is 40.7. The Morgan fingerprint density at radius 2 is 1.31 bits per heavy atom. The van der Waals surface area contributed by atoms with Gasteiger partial charge in [-0.15, -0.1) is 0 Å². The fourth-order valence-corrected chi connectivity index (χ4v) is 8.86. The summed E-state index contributed by atoms with van der Waals surface area (Å²) in [6, 6.07) is 5.74. The van der Waals surface area contributed by atoms with E-state index in [2.05, 4.69) is 47.2 Å². The van der Waals surface area contributed by atoms with Crippen LogP contribution in [0.25, 0.3) is 0 Å². The molecule has 2 fully saturated rings. The van der Waals surface area contributed by atoms with Crippen LogP contribution in [0, 0.1) is 5.41 Å². The first kappa shape index (κ1) is 55.3. The Hall–Kier alpha value is -7.60. The van der Waals surface area contributed by atoms with E-state index in [1.54, 1.807) is 42.5 Å². The standard InChI is InChI=1S/C48H68N14O10/c1-27(56-45(70)39(52-3)28(2)63)46(71)61-20-8-13-37(61)43(68)57-33(12-7-19-54-48(50)51)41(66)60-36(23-29-10-5-4-6-11-29)47(72)62-21-9-14-38(62)44(69)59-35(24-31-25-53-26-55-31)42(67)58-34(40(49)65)22-30-15-17-32(64)18-16-30/h4-6,10-11,15-18,25-28,33-39,52,63-64H,7-9,12-14,19-24H2,1-3H3,(H2,49,65)(H,53,55)(H,56,70)(H,57,68)(H,58,67)(H,59,69)(H,60,66)(H4,50,51,54)/t27-,28+,33-,34-,35-,36-,37-,38-,39-/m0/s1. The summed E-state index contributed by atoms with van der Waals surface area (Å²) in [6.07, 6.45) is 3.31. The summed E-state index contributed by atoms with van der Waals surface area (Å²) >= 11 is 0. The largest absolute Gasteiger partial charge is 0.508 e. The van der Waals surface area contributed by atoms with E-state index in [1.807, 2.05) is 0 Å². The first-order chi connectivity index (χ1) is 34.4. The molecule has 3 heterocycles. The van der Waals surface area contributed by atoms with Crippen LogP contribution < -0.4 is 48.7 Å². The van der Waals surface area contributed by atoms with E-state index in [9.17, 15) is 48.6 Å². The highest BCUT2D eigenvalue weighted by Gasteiger charge is 2.42. The number of aromatic nitrogens is 2. The van der Waals surface area contributed by atoms with Crippen molar-refractivity contribution < 1.29 is 48.6 Å². The molecule has 2 aromatic carbocycles. The number of amides is 8. The average Bonchev–Trinajstić information content (AvgIpc) is 4.16. The van der Waals surface area contributed by atoms with Gasteiger partial charge >= 0.3 is 0 Å². The molecule has 2 saturated heterocycles. The lowest BCUT2D eigenvalue weighted by atomic mass is 10.0. The number of aromatic hydroxyl groups is 1. The van der Waals surface area contributed by atoms with Gasteiger partial charge < -0.3 is 73.7 Å². The minimum atomic E-state index is -1.27. The number of carbonyl (C=O) groups excluding carboxylic acids is 8. The lowest BCUT2D eigenvalue weighted by Crippen LogP contribution is -2.60. The molecule has 0 bridgehead atoms. The molecule has 0 aliphatic carbocycles. The molecule has 8 amide bonds. The highest BCUT2D eigenvalue weighted by atomic mass is 16.3. The van der Waals surface area contributed by atoms with Gasteiger partial charge in [-0.25, -0.2) is 4.98 Å². The molecule has 390 valence electrons. The van der Waals surface area contributed by atoms with Crippen LogP contribution in [-0.2, 0) is 57.6 Å². The van der Waals surface area contributed by atoms with Crippen molar-refractivity contribution in [1.29, 1.82) is 5.41 Å². The highest BCUT2D eigenvalue weighted by Crippen LogP contribution is 2.22. The predicted molar refractivity (Wildman–Crippen MR) is 262 cm³/mol. The third kappa shape index (κ3) is 15.7. The van der Waals surface area contributed by atoms with E-state index in [0.29, 0.717) is 29.7 Å². The molecule has 9 atom stereocenters. The number of aliphatic hydroxyl groups is 1. The van der Waals surface area contributed by atoms with E-state index < -0.39 is 102 Å². The number of nitrogens with zero attached hydrogens (tertiary/aromatic N) is 3. The number of H-pyrrole nitrogens is 1. The Kier molecular flexibility index (Phi) is 20.4. The molecule has 0 spiro atoms. The normalized spacial score (nSPS) is 18.3. The Labute approximate surface area is 417 Å². The number of carbonyl (C=O) groups is 8. The van der Waals surface area contributed by atoms with Crippen LogP contribution in [0.3, 0.4) is 0 Å². The minimum Gasteiger partial charge on any atom is -0.508 e. The van der Waals surface area contributed by atoms with Gasteiger partial charge in [-0.05, 0) is 82.7 Å².